The molecule has 2 N–H and O–H groups in total. The number of likely N-dealkylation sites (N-methyl/N-ethyl adjacent to an activating group) is 1. The van der Waals surface area contributed by atoms with E-state index in [4.69, 9.17) is 0 Å². The van der Waals surface area contributed by atoms with Gasteiger partial charge in [0.25, 0.3) is 0 Å². The molecular formula is C23H21F2N3O2. The quantitative estimate of drug-likeness (QED) is 0.514. The van der Waals surface area contributed by atoms with Crippen LogP contribution in [0.4, 0.5) is 8.78 Å². The Labute approximate surface area is 171 Å². The summed E-state index contributed by atoms with van der Waals surface area (Å²) in [6, 6.07) is 18.0. The lowest BCUT2D eigenvalue weighted by molar-refractivity contribution is 0.130. The maximum atomic E-state index is 15.0. The molecule has 0 aliphatic rings. The van der Waals surface area contributed by atoms with E-state index in [2.05, 4.69) is 5.32 Å². The lowest BCUT2D eigenvalue weighted by Gasteiger charge is -2.25. The molecule has 1 aromatic heterocycles. The first-order valence-electron chi connectivity index (χ1n) is 9.58. The molecule has 154 valence electrons. The molecule has 0 fully saturated rings. The number of para-hydroxylation sites is 2. The van der Waals surface area contributed by atoms with Gasteiger partial charge in [-0.25, -0.2) is 13.6 Å². The van der Waals surface area contributed by atoms with E-state index in [1.807, 2.05) is 6.07 Å². The van der Waals surface area contributed by atoms with Gasteiger partial charge in [-0.1, -0.05) is 36.4 Å². The number of halogens is 2. The molecule has 0 amide bonds. The zero-order valence-corrected chi connectivity index (χ0v) is 16.3. The summed E-state index contributed by atoms with van der Waals surface area (Å²) in [5.74, 6) is -1.10. The predicted molar refractivity (Wildman–Crippen MR) is 112 cm³/mol. The Morgan fingerprint density at radius 1 is 1.00 bits per heavy atom. The van der Waals surface area contributed by atoms with Crippen molar-refractivity contribution in [3.05, 3.63) is 100 Å². The van der Waals surface area contributed by atoms with Crippen molar-refractivity contribution in [2.45, 2.75) is 12.1 Å². The van der Waals surface area contributed by atoms with Gasteiger partial charge in [0.05, 0.1) is 23.3 Å². The van der Waals surface area contributed by atoms with E-state index in [0.29, 0.717) is 16.8 Å². The van der Waals surface area contributed by atoms with E-state index in [9.17, 15) is 14.3 Å². The van der Waals surface area contributed by atoms with Crippen LogP contribution in [0.2, 0.25) is 0 Å². The first-order chi connectivity index (χ1) is 14.5. The molecule has 0 unspecified atom stereocenters. The number of aromatic nitrogens is 2. The molecule has 2 atom stereocenters. The molecule has 30 heavy (non-hydrogen) atoms. The minimum Gasteiger partial charge on any atom is -0.389 e. The summed E-state index contributed by atoms with van der Waals surface area (Å²) in [6.07, 6.45) is -1.11. The van der Waals surface area contributed by atoms with Crippen LogP contribution >= 0.6 is 0 Å². The smallest absolute Gasteiger partial charge is 0.334 e. The van der Waals surface area contributed by atoms with E-state index in [-0.39, 0.29) is 12.1 Å². The Bertz CT molecular complexity index is 1230. The number of aliphatic hydroxyl groups excluding tert-OH is 1. The van der Waals surface area contributed by atoms with Crippen molar-refractivity contribution in [2.75, 3.05) is 13.6 Å². The molecule has 0 aliphatic carbocycles. The van der Waals surface area contributed by atoms with Crippen LogP contribution in [0.15, 0.2) is 77.6 Å². The van der Waals surface area contributed by atoms with Gasteiger partial charge in [0.15, 0.2) is 0 Å². The van der Waals surface area contributed by atoms with Crippen molar-refractivity contribution >= 4 is 11.0 Å². The van der Waals surface area contributed by atoms with E-state index in [1.165, 1.54) is 39.5 Å². The third kappa shape index (κ3) is 3.42. The molecule has 3 aromatic carbocycles. The fourth-order valence-corrected chi connectivity index (χ4v) is 3.87. The largest absolute Gasteiger partial charge is 0.389 e. The third-order valence-corrected chi connectivity index (χ3v) is 5.11. The molecule has 0 bridgehead atoms. The average molecular weight is 409 g/mol. The van der Waals surface area contributed by atoms with Crippen molar-refractivity contribution in [3.8, 4) is 5.69 Å². The molecule has 0 saturated carbocycles. The normalized spacial score (nSPS) is 13.5. The number of rotatable bonds is 6. The summed E-state index contributed by atoms with van der Waals surface area (Å²) >= 11 is 0. The summed E-state index contributed by atoms with van der Waals surface area (Å²) in [6.45, 7) is 0.125. The molecule has 0 aliphatic heterocycles. The number of hydrogen-bond donors (Lipinski definition) is 2. The summed E-state index contributed by atoms with van der Waals surface area (Å²) < 4.78 is 31.6. The van der Waals surface area contributed by atoms with Gasteiger partial charge in [-0.3, -0.25) is 9.13 Å². The highest BCUT2D eigenvalue weighted by molar-refractivity contribution is 5.79. The summed E-state index contributed by atoms with van der Waals surface area (Å²) in [5.41, 5.74) is 0.832. The van der Waals surface area contributed by atoms with Crippen molar-refractivity contribution in [1.29, 1.82) is 0 Å². The van der Waals surface area contributed by atoms with Crippen molar-refractivity contribution in [3.63, 3.8) is 0 Å². The molecule has 0 spiro atoms. The molecule has 0 radical (unpaired) electrons. The van der Waals surface area contributed by atoms with Gasteiger partial charge in [0.2, 0.25) is 0 Å². The maximum Gasteiger partial charge on any atom is 0.334 e. The fourth-order valence-electron chi connectivity index (χ4n) is 3.87. The zero-order valence-electron chi connectivity index (χ0n) is 16.3. The number of imidazole rings is 1. The van der Waals surface area contributed by atoms with Crippen molar-refractivity contribution < 1.29 is 13.9 Å². The highest BCUT2D eigenvalue weighted by atomic mass is 19.1. The van der Waals surface area contributed by atoms with E-state index < -0.39 is 29.5 Å². The molecule has 7 heteroatoms. The molecular weight excluding hydrogens is 388 g/mol. The van der Waals surface area contributed by atoms with Crippen LogP contribution < -0.4 is 11.0 Å². The minimum atomic E-state index is -1.11. The van der Waals surface area contributed by atoms with E-state index in [1.54, 1.807) is 43.4 Å². The van der Waals surface area contributed by atoms with Crippen LogP contribution in [-0.2, 0) is 0 Å². The standard InChI is InChI=1S/C23H21F2N3O2/c1-26-14-20(29)21(15-7-5-8-16(24)13-15)28-22-18(25)11-6-12-19(22)27(23(28)30)17-9-3-2-4-10-17/h2-13,20-21,26,29H,14H2,1H3/t20-,21-/m0/s1. The van der Waals surface area contributed by atoms with Gasteiger partial charge in [0.1, 0.15) is 17.2 Å². The van der Waals surface area contributed by atoms with Gasteiger partial charge < -0.3 is 10.4 Å². The summed E-state index contributed by atoms with van der Waals surface area (Å²) in [4.78, 5) is 13.6. The van der Waals surface area contributed by atoms with Crippen molar-refractivity contribution in [1.82, 2.24) is 14.5 Å². The second kappa shape index (κ2) is 8.22. The maximum absolute atomic E-state index is 15.0. The van der Waals surface area contributed by atoms with Gasteiger partial charge in [-0.2, -0.15) is 0 Å². The lowest BCUT2D eigenvalue weighted by Crippen LogP contribution is -2.38. The van der Waals surface area contributed by atoms with Gasteiger partial charge in [-0.05, 0) is 49.0 Å². The molecule has 4 rings (SSSR count). The SMILES string of the molecule is CNC[C@H](O)[C@H](c1cccc(F)c1)n1c(=O)n(-c2ccccc2)c2cccc(F)c21. The number of nitrogens with zero attached hydrogens (tertiary/aromatic N) is 2. The van der Waals surface area contributed by atoms with Gasteiger partial charge in [-0.15, -0.1) is 0 Å². The first kappa shape index (κ1) is 20.0. The average Bonchev–Trinajstić information content (AvgIpc) is 3.02. The second-order valence-corrected chi connectivity index (χ2v) is 7.06. The number of fused-ring (bicyclic) bond motifs is 1. The molecule has 0 saturated heterocycles. The predicted octanol–water partition coefficient (Wildman–Crippen LogP) is 3.24. The van der Waals surface area contributed by atoms with E-state index >= 15 is 4.39 Å². The molecule has 4 aromatic rings. The Morgan fingerprint density at radius 3 is 2.43 bits per heavy atom. The van der Waals surface area contributed by atoms with Crippen molar-refractivity contribution in [2.24, 2.45) is 0 Å². The Hall–Kier alpha value is -3.29. The summed E-state index contributed by atoms with van der Waals surface area (Å²) in [7, 11) is 1.66. The lowest BCUT2D eigenvalue weighted by atomic mass is 10.0. The van der Waals surface area contributed by atoms with Crippen LogP contribution in [0, 0.1) is 11.6 Å². The van der Waals surface area contributed by atoms with E-state index in [0.717, 1.165) is 0 Å². The zero-order chi connectivity index (χ0) is 21.3. The van der Waals surface area contributed by atoms with Gasteiger partial charge in [0, 0.05) is 6.54 Å². The highest BCUT2D eigenvalue weighted by Crippen LogP contribution is 2.29. The van der Waals surface area contributed by atoms with Gasteiger partial charge >= 0.3 is 5.69 Å². The minimum absolute atomic E-state index is 0.0516. The van der Waals surface area contributed by atoms with Crippen LogP contribution in [-0.4, -0.2) is 33.9 Å². The van der Waals surface area contributed by atoms with Crippen LogP contribution in [0.25, 0.3) is 16.7 Å². The molecule has 1 heterocycles. The van der Waals surface area contributed by atoms with Crippen LogP contribution in [0.5, 0.6) is 0 Å². The van der Waals surface area contributed by atoms with Crippen LogP contribution in [0.1, 0.15) is 11.6 Å². The first-order valence-corrected chi connectivity index (χ1v) is 9.58. The topological polar surface area (TPSA) is 59.2 Å². The number of hydrogen-bond acceptors (Lipinski definition) is 3. The Kier molecular flexibility index (Phi) is 5.48. The Balaban J connectivity index is 2.07. The molecule has 5 nitrogen and oxygen atoms in total. The third-order valence-electron chi connectivity index (χ3n) is 5.11. The van der Waals surface area contributed by atoms with Crippen LogP contribution in [0.3, 0.4) is 0 Å². The monoisotopic (exact) mass is 409 g/mol. The number of benzene rings is 3. The fraction of sp³-hybridized carbons (Fsp3) is 0.174. The second-order valence-electron chi connectivity index (χ2n) is 7.06. The Morgan fingerprint density at radius 2 is 1.73 bits per heavy atom. The highest BCUT2D eigenvalue weighted by Gasteiger charge is 2.30. The number of aliphatic hydroxyl groups is 1. The summed E-state index contributed by atoms with van der Waals surface area (Å²) in [5, 5.41) is 13.7. The number of nitrogens with one attached hydrogen (secondary N) is 1.